The van der Waals surface area contributed by atoms with Crippen molar-refractivity contribution in [2.45, 2.75) is 32.6 Å². The van der Waals surface area contributed by atoms with Crippen molar-refractivity contribution in [2.75, 3.05) is 19.0 Å². The molecule has 2 rings (SSSR count). The van der Waals surface area contributed by atoms with E-state index in [0.29, 0.717) is 17.4 Å². The van der Waals surface area contributed by atoms with Gasteiger partial charge in [-0.2, -0.15) is 0 Å². The summed E-state index contributed by atoms with van der Waals surface area (Å²) in [5.74, 6) is 0.949. The molecule has 19 heavy (non-hydrogen) atoms. The second-order valence-electron chi connectivity index (χ2n) is 5.51. The van der Waals surface area contributed by atoms with Crippen molar-refractivity contribution in [2.24, 2.45) is 5.41 Å². The molecule has 0 atom stereocenters. The number of aliphatic hydroxyl groups is 1. The van der Waals surface area contributed by atoms with Gasteiger partial charge in [0.05, 0.1) is 24.8 Å². The van der Waals surface area contributed by atoms with Gasteiger partial charge in [-0.05, 0) is 36.5 Å². The molecule has 0 unspecified atom stereocenters. The number of nitrogens with one attached hydrogen (secondary N) is 1. The van der Waals surface area contributed by atoms with E-state index in [0.717, 1.165) is 18.4 Å². The van der Waals surface area contributed by atoms with Crippen LogP contribution in [0.4, 0.5) is 5.69 Å². The summed E-state index contributed by atoms with van der Waals surface area (Å²) < 4.78 is 5.33. The van der Waals surface area contributed by atoms with Gasteiger partial charge in [-0.25, -0.2) is 0 Å². The third-order valence-electron chi connectivity index (χ3n) is 3.78. The lowest BCUT2D eigenvalue weighted by molar-refractivity contribution is -0.122. The summed E-state index contributed by atoms with van der Waals surface area (Å²) in [4.78, 5) is 12.1. The SMILES string of the molecule is COc1cc(C(C)C)ccc1NC(=O)C1(CO)CC1. The Hall–Kier alpha value is -1.55. The molecule has 0 heterocycles. The molecule has 1 fully saturated rings. The number of carbonyl (C=O) groups is 1. The van der Waals surface area contributed by atoms with Crippen LogP contribution in [0.1, 0.15) is 38.2 Å². The molecule has 1 amide bonds. The van der Waals surface area contributed by atoms with Crippen molar-refractivity contribution in [3.05, 3.63) is 23.8 Å². The highest BCUT2D eigenvalue weighted by atomic mass is 16.5. The first-order valence-electron chi connectivity index (χ1n) is 6.62. The summed E-state index contributed by atoms with van der Waals surface area (Å²) >= 11 is 0. The fourth-order valence-electron chi connectivity index (χ4n) is 2.03. The van der Waals surface area contributed by atoms with Gasteiger partial charge >= 0.3 is 0 Å². The molecule has 0 saturated heterocycles. The number of amides is 1. The molecule has 1 aliphatic carbocycles. The number of methoxy groups -OCH3 is 1. The Morgan fingerprint density at radius 1 is 1.47 bits per heavy atom. The third-order valence-corrected chi connectivity index (χ3v) is 3.78. The van der Waals surface area contributed by atoms with Crippen LogP contribution in [0.3, 0.4) is 0 Å². The molecule has 0 bridgehead atoms. The van der Waals surface area contributed by atoms with E-state index in [4.69, 9.17) is 4.74 Å². The van der Waals surface area contributed by atoms with E-state index in [-0.39, 0.29) is 12.5 Å². The van der Waals surface area contributed by atoms with E-state index < -0.39 is 5.41 Å². The average molecular weight is 263 g/mol. The predicted molar refractivity (Wildman–Crippen MR) is 74.5 cm³/mol. The summed E-state index contributed by atoms with van der Waals surface area (Å²) in [6.45, 7) is 4.13. The fourth-order valence-corrected chi connectivity index (χ4v) is 2.03. The molecule has 4 nitrogen and oxygen atoms in total. The van der Waals surface area contributed by atoms with Gasteiger partial charge in [0.1, 0.15) is 5.75 Å². The summed E-state index contributed by atoms with van der Waals surface area (Å²) in [6, 6.07) is 5.79. The van der Waals surface area contributed by atoms with Crippen LogP contribution in [0.25, 0.3) is 0 Å². The number of aliphatic hydroxyl groups excluding tert-OH is 1. The van der Waals surface area contributed by atoms with Gasteiger partial charge in [-0.3, -0.25) is 4.79 Å². The normalized spacial score (nSPS) is 16.3. The zero-order valence-electron chi connectivity index (χ0n) is 11.7. The Labute approximate surface area is 113 Å². The highest BCUT2D eigenvalue weighted by Gasteiger charge is 2.49. The Kier molecular flexibility index (Phi) is 3.80. The van der Waals surface area contributed by atoms with E-state index >= 15 is 0 Å². The number of rotatable bonds is 5. The molecular weight excluding hydrogens is 242 g/mol. The zero-order valence-corrected chi connectivity index (χ0v) is 11.7. The van der Waals surface area contributed by atoms with Gasteiger partial charge in [0.2, 0.25) is 5.91 Å². The highest BCUT2D eigenvalue weighted by Crippen LogP contribution is 2.46. The standard InChI is InChI=1S/C15H21NO3/c1-10(2)11-4-5-12(13(8-11)19-3)16-14(18)15(9-17)6-7-15/h4-5,8,10,17H,6-7,9H2,1-3H3,(H,16,18). The molecule has 1 aromatic rings. The third kappa shape index (κ3) is 2.73. The van der Waals surface area contributed by atoms with Crippen LogP contribution in [0.15, 0.2) is 18.2 Å². The molecule has 104 valence electrons. The molecule has 0 radical (unpaired) electrons. The van der Waals surface area contributed by atoms with Gasteiger partial charge in [0, 0.05) is 0 Å². The van der Waals surface area contributed by atoms with Crippen molar-refractivity contribution in [1.29, 1.82) is 0 Å². The number of benzene rings is 1. The smallest absolute Gasteiger partial charge is 0.233 e. The monoisotopic (exact) mass is 263 g/mol. The van der Waals surface area contributed by atoms with Crippen LogP contribution in [0.2, 0.25) is 0 Å². The van der Waals surface area contributed by atoms with Crippen LogP contribution in [-0.4, -0.2) is 24.7 Å². The molecular formula is C15H21NO3. The molecule has 2 N–H and O–H groups in total. The predicted octanol–water partition coefficient (Wildman–Crippen LogP) is 2.53. The number of hydrogen-bond acceptors (Lipinski definition) is 3. The van der Waals surface area contributed by atoms with Crippen LogP contribution in [-0.2, 0) is 4.79 Å². The van der Waals surface area contributed by atoms with Gasteiger partial charge in [0.25, 0.3) is 0 Å². The Morgan fingerprint density at radius 2 is 2.16 bits per heavy atom. The first-order valence-corrected chi connectivity index (χ1v) is 6.62. The quantitative estimate of drug-likeness (QED) is 0.858. The highest BCUT2D eigenvalue weighted by molar-refractivity contribution is 5.98. The minimum atomic E-state index is -0.568. The molecule has 0 spiro atoms. The maximum Gasteiger partial charge on any atom is 0.233 e. The summed E-state index contributed by atoms with van der Waals surface area (Å²) in [5.41, 5.74) is 1.26. The topological polar surface area (TPSA) is 58.6 Å². The second-order valence-corrected chi connectivity index (χ2v) is 5.51. The second kappa shape index (κ2) is 5.21. The van der Waals surface area contributed by atoms with E-state index in [1.807, 2.05) is 18.2 Å². The van der Waals surface area contributed by atoms with Gasteiger partial charge in [-0.1, -0.05) is 19.9 Å². The van der Waals surface area contributed by atoms with E-state index in [2.05, 4.69) is 19.2 Å². The van der Waals surface area contributed by atoms with E-state index in [9.17, 15) is 9.90 Å². The average Bonchev–Trinajstić information content (AvgIpc) is 3.19. The maximum absolute atomic E-state index is 12.1. The van der Waals surface area contributed by atoms with Crippen LogP contribution in [0.5, 0.6) is 5.75 Å². The van der Waals surface area contributed by atoms with Gasteiger partial charge in [0.15, 0.2) is 0 Å². The van der Waals surface area contributed by atoms with Gasteiger partial charge in [-0.15, -0.1) is 0 Å². The van der Waals surface area contributed by atoms with Crippen LogP contribution in [0, 0.1) is 5.41 Å². The lowest BCUT2D eigenvalue weighted by Gasteiger charge is -2.16. The van der Waals surface area contributed by atoms with Crippen LogP contribution < -0.4 is 10.1 Å². The Balaban J connectivity index is 2.18. The molecule has 0 aromatic heterocycles. The largest absolute Gasteiger partial charge is 0.495 e. The fraction of sp³-hybridized carbons (Fsp3) is 0.533. The number of ether oxygens (including phenoxy) is 1. The van der Waals surface area contributed by atoms with E-state index in [1.165, 1.54) is 0 Å². The maximum atomic E-state index is 12.1. The van der Waals surface area contributed by atoms with E-state index in [1.54, 1.807) is 7.11 Å². The minimum absolute atomic E-state index is 0.0920. The number of anilines is 1. The Morgan fingerprint density at radius 3 is 2.63 bits per heavy atom. The van der Waals surface area contributed by atoms with Crippen molar-refractivity contribution in [3.63, 3.8) is 0 Å². The lowest BCUT2D eigenvalue weighted by atomic mass is 10.0. The molecule has 1 aromatic carbocycles. The summed E-state index contributed by atoms with van der Waals surface area (Å²) in [5, 5.41) is 12.1. The number of hydrogen-bond donors (Lipinski definition) is 2. The minimum Gasteiger partial charge on any atom is -0.495 e. The van der Waals surface area contributed by atoms with Gasteiger partial charge < -0.3 is 15.2 Å². The number of carbonyl (C=O) groups excluding carboxylic acids is 1. The molecule has 0 aliphatic heterocycles. The van der Waals surface area contributed by atoms with Crippen molar-refractivity contribution >= 4 is 11.6 Å². The lowest BCUT2D eigenvalue weighted by Crippen LogP contribution is -2.27. The first-order chi connectivity index (χ1) is 9.02. The van der Waals surface area contributed by atoms with Crippen molar-refractivity contribution < 1.29 is 14.6 Å². The van der Waals surface area contributed by atoms with Crippen molar-refractivity contribution in [3.8, 4) is 5.75 Å². The Bertz CT molecular complexity index is 478. The van der Waals surface area contributed by atoms with Crippen molar-refractivity contribution in [1.82, 2.24) is 0 Å². The summed E-state index contributed by atoms with van der Waals surface area (Å²) in [6.07, 6.45) is 1.50. The summed E-state index contributed by atoms with van der Waals surface area (Å²) in [7, 11) is 1.59. The molecule has 1 saturated carbocycles. The molecule has 4 heteroatoms. The molecule has 1 aliphatic rings. The first kappa shape index (κ1) is 13.9. The van der Waals surface area contributed by atoms with Crippen LogP contribution >= 0.6 is 0 Å². The zero-order chi connectivity index (χ0) is 14.0.